The molecular formula is C10H15N3O. The summed E-state index contributed by atoms with van der Waals surface area (Å²) in [5.41, 5.74) is 2.94. The first-order valence-corrected chi connectivity index (χ1v) is 4.71. The highest BCUT2D eigenvalue weighted by atomic mass is 16.2. The van der Waals surface area contributed by atoms with Crippen LogP contribution in [0.1, 0.15) is 31.4 Å². The van der Waals surface area contributed by atoms with Crippen molar-refractivity contribution in [3.8, 4) is 0 Å². The SMILES string of the molecule is CCCC(C(=O)NN)c1ccccn1. The first-order chi connectivity index (χ1) is 6.79. The number of hydrogen-bond donors (Lipinski definition) is 2. The van der Waals surface area contributed by atoms with E-state index in [1.807, 2.05) is 25.1 Å². The molecule has 14 heavy (non-hydrogen) atoms. The van der Waals surface area contributed by atoms with Gasteiger partial charge in [-0.3, -0.25) is 15.2 Å². The molecule has 4 nitrogen and oxygen atoms in total. The van der Waals surface area contributed by atoms with E-state index >= 15 is 0 Å². The lowest BCUT2D eigenvalue weighted by molar-refractivity contribution is -0.122. The normalized spacial score (nSPS) is 12.1. The summed E-state index contributed by atoms with van der Waals surface area (Å²) in [6.07, 6.45) is 3.37. The molecule has 4 heteroatoms. The Morgan fingerprint density at radius 1 is 1.64 bits per heavy atom. The Morgan fingerprint density at radius 2 is 2.43 bits per heavy atom. The molecule has 1 aromatic rings. The van der Waals surface area contributed by atoms with Crippen molar-refractivity contribution in [3.05, 3.63) is 30.1 Å². The molecule has 0 aliphatic carbocycles. The Bertz CT molecular complexity index is 287. The second-order valence-electron chi connectivity index (χ2n) is 3.10. The Hall–Kier alpha value is -1.42. The van der Waals surface area contributed by atoms with Crippen LogP contribution < -0.4 is 11.3 Å². The quantitative estimate of drug-likeness (QED) is 0.425. The standard InChI is InChI=1S/C10H15N3O/c1-2-5-8(10(14)13-11)9-6-3-4-7-12-9/h3-4,6-8H,2,5,11H2,1H3,(H,13,14). The zero-order valence-electron chi connectivity index (χ0n) is 8.23. The number of hydrazine groups is 1. The van der Waals surface area contributed by atoms with Gasteiger partial charge >= 0.3 is 0 Å². The fourth-order valence-corrected chi connectivity index (χ4v) is 1.38. The lowest BCUT2D eigenvalue weighted by atomic mass is 9.98. The molecule has 76 valence electrons. The Kier molecular flexibility index (Phi) is 4.07. The third-order valence-corrected chi connectivity index (χ3v) is 2.08. The number of carbonyl (C=O) groups excluding carboxylic acids is 1. The van der Waals surface area contributed by atoms with Crippen molar-refractivity contribution >= 4 is 5.91 Å². The molecule has 0 aliphatic rings. The van der Waals surface area contributed by atoms with Gasteiger partial charge in [-0.25, -0.2) is 5.84 Å². The predicted molar refractivity (Wildman–Crippen MR) is 54.2 cm³/mol. The molecule has 3 N–H and O–H groups in total. The van der Waals surface area contributed by atoms with Crippen molar-refractivity contribution < 1.29 is 4.79 Å². The molecule has 0 saturated heterocycles. The minimum Gasteiger partial charge on any atom is -0.294 e. The monoisotopic (exact) mass is 193 g/mol. The van der Waals surface area contributed by atoms with Crippen LogP contribution in [0.25, 0.3) is 0 Å². The second kappa shape index (κ2) is 5.34. The van der Waals surface area contributed by atoms with E-state index in [1.165, 1.54) is 0 Å². The van der Waals surface area contributed by atoms with Crippen LogP contribution in [-0.2, 0) is 4.79 Å². The highest BCUT2D eigenvalue weighted by molar-refractivity contribution is 5.82. The summed E-state index contributed by atoms with van der Waals surface area (Å²) in [5, 5.41) is 0. The molecule has 1 rings (SSSR count). The molecule has 1 heterocycles. The number of nitrogens with one attached hydrogen (secondary N) is 1. The van der Waals surface area contributed by atoms with Crippen LogP contribution in [-0.4, -0.2) is 10.9 Å². The van der Waals surface area contributed by atoms with E-state index in [2.05, 4.69) is 10.4 Å². The molecule has 0 aliphatic heterocycles. The molecule has 0 spiro atoms. The summed E-state index contributed by atoms with van der Waals surface area (Å²) in [6, 6.07) is 5.54. The molecule has 1 atom stereocenters. The molecule has 1 aromatic heterocycles. The van der Waals surface area contributed by atoms with E-state index in [0.717, 1.165) is 18.5 Å². The van der Waals surface area contributed by atoms with Crippen molar-refractivity contribution in [1.29, 1.82) is 0 Å². The Balaban J connectivity index is 2.83. The highest BCUT2D eigenvalue weighted by Crippen LogP contribution is 2.18. The number of carbonyl (C=O) groups is 1. The topological polar surface area (TPSA) is 68.0 Å². The lowest BCUT2D eigenvalue weighted by Gasteiger charge is -2.12. The minimum absolute atomic E-state index is 0.175. The largest absolute Gasteiger partial charge is 0.294 e. The van der Waals surface area contributed by atoms with Crippen LogP contribution in [0.2, 0.25) is 0 Å². The third kappa shape index (κ3) is 2.53. The highest BCUT2D eigenvalue weighted by Gasteiger charge is 2.19. The molecule has 0 saturated carbocycles. The number of nitrogens with zero attached hydrogens (tertiary/aromatic N) is 1. The molecule has 0 radical (unpaired) electrons. The number of pyridine rings is 1. The first-order valence-electron chi connectivity index (χ1n) is 4.71. The number of rotatable bonds is 4. The van der Waals surface area contributed by atoms with E-state index in [4.69, 9.17) is 5.84 Å². The van der Waals surface area contributed by atoms with Gasteiger partial charge in [-0.05, 0) is 18.6 Å². The Morgan fingerprint density at radius 3 is 2.93 bits per heavy atom. The second-order valence-corrected chi connectivity index (χ2v) is 3.10. The third-order valence-electron chi connectivity index (χ3n) is 2.08. The summed E-state index contributed by atoms with van der Waals surface area (Å²) in [5.74, 6) is 4.71. The van der Waals surface area contributed by atoms with E-state index in [0.29, 0.717) is 0 Å². The van der Waals surface area contributed by atoms with Gasteiger partial charge in [0.2, 0.25) is 5.91 Å². The van der Waals surface area contributed by atoms with Crippen LogP contribution in [0.3, 0.4) is 0 Å². The van der Waals surface area contributed by atoms with Crippen LogP contribution in [0, 0.1) is 0 Å². The average Bonchev–Trinajstić information content (AvgIpc) is 2.26. The minimum atomic E-state index is -0.230. The van der Waals surface area contributed by atoms with Crippen LogP contribution >= 0.6 is 0 Å². The van der Waals surface area contributed by atoms with Gasteiger partial charge in [0, 0.05) is 6.20 Å². The van der Waals surface area contributed by atoms with Crippen molar-refractivity contribution in [1.82, 2.24) is 10.4 Å². The molecule has 1 unspecified atom stereocenters. The summed E-state index contributed by atoms with van der Waals surface area (Å²) in [4.78, 5) is 15.6. The molecule has 1 amide bonds. The summed E-state index contributed by atoms with van der Waals surface area (Å²) in [7, 11) is 0. The van der Waals surface area contributed by atoms with E-state index in [1.54, 1.807) is 6.20 Å². The zero-order valence-corrected chi connectivity index (χ0v) is 8.23. The lowest BCUT2D eigenvalue weighted by Crippen LogP contribution is -2.35. The molecule has 0 fully saturated rings. The van der Waals surface area contributed by atoms with Crippen LogP contribution in [0.15, 0.2) is 24.4 Å². The number of hydrogen-bond acceptors (Lipinski definition) is 3. The fourth-order valence-electron chi connectivity index (χ4n) is 1.38. The Labute approximate surface area is 83.5 Å². The van der Waals surface area contributed by atoms with Gasteiger partial charge in [0.25, 0.3) is 0 Å². The zero-order chi connectivity index (χ0) is 10.4. The van der Waals surface area contributed by atoms with Gasteiger partial charge < -0.3 is 0 Å². The summed E-state index contributed by atoms with van der Waals surface area (Å²) >= 11 is 0. The molecule has 0 aromatic carbocycles. The predicted octanol–water partition coefficient (Wildman–Crippen LogP) is 0.955. The van der Waals surface area contributed by atoms with Crippen molar-refractivity contribution in [2.45, 2.75) is 25.7 Å². The first kappa shape index (κ1) is 10.7. The maximum atomic E-state index is 11.4. The summed E-state index contributed by atoms with van der Waals surface area (Å²) < 4.78 is 0. The van der Waals surface area contributed by atoms with Gasteiger partial charge in [-0.1, -0.05) is 19.4 Å². The van der Waals surface area contributed by atoms with Gasteiger partial charge in [0.1, 0.15) is 0 Å². The van der Waals surface area contributed by atoms with E-state index in [9.17, 15) is 4.79 Å². The average molecular weight is 193 g/mol. The van der Waals surface area contributed by atoms with Gasteiger partial charge in [0.05, 0.1) is 11.6 Å². The van der Waals surface area contributed by atoms with Gasteiger partial charge in [-0.2, -0.15) is 0 Å². The van der Waals surface area contributed by atoms with E-state index < -0.39 is 0 Å². The van der Waals surface area contributed by atoms with Crippen LogP contribution in [0.4, 0.5) is 0 Å². The molecular weight excluding hydrogens is 178 g/mol. The van der Waals surface area contributed by atoms with Crippen LogP contribution in [0.5, 0.6) is 0 Å². The maximum Gasteiger partial charge on any atom is 0.243 e. The maximum absolute atomic E-state index is 11.4. The number of aromatic nitrogens is 1. The van der Waals surface area contributed by atoms with Gasteiger partial charge in [0.15, 0.2) is 0 Å². The smallest absolute Gasteiger partial charge is 0.243 e. The van der Waals surface area contributed by atoms with Crippen molar-refractivity contribution in [3.63, 3.8) is 0 Å². The molecule has 0 bridgehead atoms. The number of nitrogens with two attached hydrogens (primary N) is 1. The van der Waals surface area contributed by atoms with Crippen molar-refractivity contribution in [2.24, 2.45) is 5.84 Å². The van der Waals surface area contributed by atoms with Gasteiger partial charge in [-0.15, -0.1) is 0 Å². The summed E-state index contributed by atoms with van der Waals surface area (Å²) in [6.45, 7) is 2.03. The fraction of sp³-hybridized carbons (Fsp3) is 0.400. The van der Waals surface area contributed by atoms with E-state index in [-0.39, 0.29) is 11.8 Å². The number of amides is 1. The van der Waals surface area contributed by atoms with Crippen molar-refractivity contribution in [2.75, 3.05) is 0 Å².